The van der Waals surface area contributed by atoms with Crippen LogP contribution in [0.5, 0.6) is 0 Å². The highest BCUT2D eigenvalue weighted by Crippen LogP contribution is 2.40. The Kier molecular flexibility index (Phi) is 3.93. The second-order valence-electron chi connectivity index (χ2n) is 2.90. The van der Waals surface area contributed by atoms with Gasteiger partial charge in [0.15, 0.2) is 10.3 Å². The Hall–Kier alpha value is 0.770. The Morgan fingerprint density at radius 3 is 1.59 bits per heavy atom. The SMILES string of the molecule is ClC1=NC2(N=C(Cl)C1(Cl)Cl)C(Cl)=NSN=C2Cl. The molecule has 0 amide bonds. The van der Waals surface area contributed by atoms with Gasteiger partial charge in [-0.3, -0.25) is 0 Å². The molecule has 0 radical (unpaired) electrons. The highest BCUT2D eigenvalue weighted by molar-refractivity contribution is 7.97. The van der Waals surface area contributed by atoms with Crippen molar-refractivity contribution >= 4 is 102 Å². The molecule has 11 heteroatoms. The van der Waals surface area contributed by atoms with Crippen LogP contribution in [0.2, 0.25) is 0 Å². The minimum Gasteiger partial charge on any atom is -0.230 e. The van der Waals surface area contributed by atoms with Crippen LogP contribution >= 0.6 is 81.7 Å². The third kappa shape index (κ3) is 2.20. The predicted molar refractivity (Wildman–Crippen MR) is 77.9 cm³/mol. The van der Waals surface area contributed by atoms with Crippen LogP contribution in [0.15, 0.2) is 18.8 Å². The highest BCUT2D eigenvalue weighted by Gasteiger charge is 2.51. The molecule has 0 atom stereocenters. The Morgan fingerprint density at radius 1 is 0.765 bits per heavy atom. The van der Waals surface area contributed by atoms with Crippen molar-refractivity contribution in [3.63, 3.8) is 0 Å². The van der Waals surface area contributed by atoms with E-state index in [1.54, 1.807) is 0 Å². The molecule has 0 saturated heterocycles. The molecule has 0 unspecified atom stereocenters. The van der Waals surface area contributed by atoms with E-state index in [4.69, 9.17) is 69.6 Å². The van der Waals surface area contributed by atoms with Crippen molar-refractivity contribution in [1.29, 1.82) is 0 Å². The second kappa shape index (κ2) is 4.71. The monoisotopic (exact) mass is 370 g/mol. The molecule has 0 aromatic carbocycles. The third-order valence-electron chi connectivity index (χ3n) is 1.86. The minimum atomic E-state index is -1.71. The van der Waals surface area contributed by atoms with Crippen molar-refractivity contribution in [1.82, 2.24) is 0 Å². The lowest BCUT2D eigenvalue weighted by Crippen LogP contribution is -2.48. The topological polar surface area (TPSA) is 49.4 Å². The number of hydrogen-bond donors (Lipinski definition) is 0. The van der Waals surface area contributed by atoms with Gasteiger partial charge in [-0.05, 0) is 0 Å². The number of hydrogen-bond acceptors (Lipinski definition) is 5. The lowest BCUT2D eigenvalue weighted by molar-refractivity contribution is 0.799. The molecule has 2 rings (SSSR count). The zero-order valence-corrected chi connectivity index (χ0v) is 12.8. The molecule has 0 aliphatic carbocycles. The van der Waals surface area contributed by atoms with Gasteiger partial charge in [-0.25, -0.2) is 9.98 Å². The molecule has 92 valence electrons. The zero-order valence-electron chi connectivity index (χ0n) is 7.46. The summed E-state index contributed by atoms with van der Waals surface area (Å²) < 4.78 is 5.85. The summed E-state index contributed by atoms with van der Waals surface area (Å²) in [6, 6.07) is 0. The van der Waals surface area contributed by atoms with E-state index >= 15 is 0 Å². The Morgan fingerprint density at radius 2 is 1.18 bits per heavy atom. The number of aliphatic imine (C=N–C) groups is 2. The van der Waals surface area contributed by atoms with Crippen molar-refractivity contribution in [2.75, 3.05) is 0 Å². The summed E-state index contributed by atoms with van der Waals surface area (Å²) >= 11 is 36.0. The molecule has 0 aromatic heterocycles. The molecule has 2 heterocycles. The maximum Gasteiger partial charge on any atom is 0.260 e. The molecular formula is C6Cl6N4S. The molecule has 1 spiro atoms. The predicted octanol–water partition coefficient (Wildman–Crippen LogP) is 4.00. The molecular weight excluding hydrogens is 373 g/mol. The smallest absolute Gasteiger partial charge is 0.230 e. The second-order valence-corrected chi connectivity index (χ2v) is 6.19. The maximum atomic E-state index is 5.92. The highest BCUT2D eigenvalue weighted by atomic mass is 35.5. The Balaban J connectivity index is 2.62. The number of alkyl halides is 2. The van der Waals surface area contributed by atoms with Crippen molar-refractivity contribution in [2.45, 2.75) is 10.00 Å². The van der Waals surface area contributed by atoms with Crippen LogP contribution in [-0.4, -0.2) is 30.7 Å². The summed E-state index contributed by atoms with van der Waals surface area (Å²) in [5.41, 5.74) is -1.57. The fourth-order valence-electron chi connectivity index (χ4n) is 1.02. The number of halogens is 6. The van der Waals surface area contributed by atoms with Gasteiger partial charge in [0.1, 0.15) is 22.5 Å². The van der Waals surface area contributed by atoms with Gasteiger partial charge >= 0.3 is 0 Å². The normalized spacial score (nSPS) is 26.0. The van der Waals surface area contributed by atoms with Crippen LogP contribution in [0.25, 0.3) is 0 Å². The van der Waals surface area contributed by atoms with Gasteiger partial charge in [0.05, 0.1) is 0 Å². The first-order valence-corrected chi connectivity index (χ1v) is 6.84. The molecule has 4 nitrogen and oxygen atoms in total. The van der Waals surface area contributed by atoms with Gasteiger partial charge in [-0.15, -0.1) is 0 Å². The summed E-state index contributed by atoms with van der Waals surface area (Å²) in [7, 11) is 0. The molecule has 0 saturated carbocycles. The van der Waals surface area contributed by atoms with E-state index in [-0.39, 0.29) is 20.7 Å². The Bertz CT molecular complexity index is 453. The third-order valence-corrected chi connectivity index (χ3v) is 5.12. The van der Waals surface area contributed by atoms with E-state index in [1.165, 1.54) is 0 Å². The lowest BCUT2D eigenvalue weighted by atomic mass is 10.2. The standard InChI is InChI=1S/C6Cl6N4S/c7-1-5(11,12)2(8)14-6(13-1)3(9)15-17-16-4(6)10. The van der Waals surface area contributed by atoms with Crippen LogP contribution in [0.4, 0.5) is 0 Å². The van der Waals surface area contributed by atoms with E-state index < -0.39 is 10.00 Å². The van der Waals surface area contributed by atoms with E-state index in [9.17, 15) is 0 Å². The largest absolute Gasteiger partial charge is 0.260 e. The first-order valence-electron chi connectivity index (χ1n) is 3.84. The molecule has 17 heavy (non-hydrogen) atoms. The van der Waals surface area contributed by atoms with Crippen LogP contribution < -0.4 is 0 Å². The summed E-state index contributed by atoms with van der Waals surface area (Å²) in [5, 5.41) is -0.505. The van der Waals surface area contributed by atoms with Crippen LogP contribution in [0, 0.1) is 0 Å². The number of rotatable bonds is 0. The van der Waals surface area contributed by atoms with Crippen molar-refractivity contribution in [3.05, 3.63) is 0 Å². The van der Waals surface area contributed by atoms with Crippen molar-refractivity contribution in [2.24, 2.45) is 18.8 Å². The lowest BCUT2D eigenvalue weighted by Gasteiger charge is -2.31. The van der Waals surface area contributed by atoms with E-state index in [1.807, 2.05) is 0 Å². The van der Waals surface area contributed by atoms with Gasteiger partial charge in [0, 0.05) is 0 Å². The first-order chi connectivity index (χ1) is 7.80. The molecule has 2 aliphatic rings. The molecule has 2 aliphatic heterocycles. The average molecular weight is 373 g/mol. The first kappa shape index (κ1) is 14.2. The Labute approximate surface area is 130 Å². The van der Waals surface area contributed by atoms with Crippen molar-refractivity contribution in [3.8, 4) is 0 Å². The van der Waals surface area contributed by atoms with E-state index in [2.05, 4.69) is 18.8 Å². The molecule has 0 N–H and O–H groups in total. The maximum absolute atomic E-state index is 5.92. The quantitative estimate of drug-likeness (QED) is 0.468. The van der Waals surface area contributed by atoms with Crippen LogP contribution in [-0.2, 0) is 0 Å². The number of nitrogens with zero attached hydrogens (tertiary/aromatic N) is 4. The van der Waals surface area contributed by atoms with E-state index in [0.29, 0.717) is 0 Å². The van der Waals surface area contributed by atoms with Crippen molar-refractivity contribution < 1.29 is 0 Å². The van der Waals surface area contributed by atoms with Gasteiger partial charge in [0.25, 0.3) is 5.66 Å². The molecule has 0 bridgehead atoms. The van der Waals surface area contributed by atoms with Crippen LogP contribution in [0.1, 0.15) is 0 Å². The molecule has 0 aromatic rings. The van der Waals surface area contributed by atoms with Crippen LogP contribution in [0.3, 0.4) is 0 Å². The molecule has 0 fully saturated rings. The van der Waals surface area contributed by atoms with Gasteiger partial charge < -0.3 is 0 Å². The zero-order chi connectivity index (χ0) is 12.8. The fraction of sp³-hybridized carbons (Fsp3) is 0.333. The average Bonchev–Trinajstić information content (AvgIpc) is 2.23. The fourth-order valence-corrected chi connectivity index (χ4v) is 2.69. The van der Waals surface area contributed by atoms with E-state index in [0.717, 1.165) is 12.1 Å². The van der Waals surface area contributed by atoms with Gasteiger partial charge in [0.2, 0.25) is 4.33 Å². The summed E-state index contributed by atoms with van der Waals surface area (Å²) in [6.45, 7) is 0. The summed E-state index contributed by atoms with van der Waals surface area (Å²) in [5.74, 6) is 0. The minimum absolute atomic E-state index is 0.0392. The summed E-state index contributed by atoms with van der Waals surface area (Å²) in [6.07, 6.45) is 0. The van der Waals surface area contributed by atoms with Gasteiger partial charge in [-0.2, -0.15) is 8.80 Å². The van der Waals surface area contributed by atoms with Gasteiger partial charge in [-0.1, -0.05) is 69.6 Å². The summed E-state index contributed by atoms with van der Waals surface area (Å²) in [4.78, 5) is 7.89.